The van der Waals surface area contributed by atoms with Gasteiger partial charge in [-0.2, -0.15) is 0 Å². The standard InChI is InChI=1S/C9H15NO2/c1-6(2)8(11)10-9(12)7-4-3-5-7/h6-7H,3-5H2,1-2H3,(H,10,11,12). The molecule has 1 rings (SSSR count). The van der Waals surface area contributed by atoms with Crippen LogP contribution in [0.3, 0.4) is 0 Å². The van der Waals surface area contributed by atoms with E-state index in [9.17, 15) is 9.59 Å². The summed E-state index contributed by atoms with van der Waals surface area (Å²) in [6, 6.07) is 0. The molecular weight excluding hydrogens is 154 g/mol. The highest BCUT2D eigenvalue weighted by Gasteiger charge is 2.26. The van der Waals surface area contributed by atoms with Crippen LogP contribution in [0.15, 0.2) is 0 Å². The van der Waals surface area contributed by atoms with Crippen molar-refractivity contribution < 1.29 is 9.59 Å². The summed E-state index contributed by atoms with van der Waals surface area (Å²) in [6.07, 6.45) is 3.00. The Morgan fingerprint density at radius 2 is 1.92 bits per heavy atom. The van der Waals surface area contributed by atoms with Gasteiger partial charge in [-0.1, -0.05) is 20.3 Å². The minimum atomic E-state index is -0.160. The zero-order chi connectivity index (χ0) is 9.14. The first kappa shape index (κ1) is 9.23. The van der Waals surface area contributed by atoms with Crippen molar-refractivity contribution in [3.05, 3.63) is 0 Å². The molecule has 1 N–H and O–H groups in total. The second kappa shape index (κ2) is 3.70. The maximum atomic E-state index is 11.2. The molecule has 0 unspecified atom stereocenters. The molecule has 3 heteroatoms. The Balaban J connectivity index is 2.30. The lowest BCUT2D eigenvalue weighted by molar-refractivity contribution is -0.135. The monoisotopic (exact) mass is 169 g/mol. The average Bonchev–Trinajstić information content (AvgIpc) is 1.82. The number of nitrogens with one attached hydrogen (secondary N) is 1. The zero-order valence-electron chi connectivity index (χ0n) is 7.59. The molecule has 0 aromatic carbocycles. The molecule has 0 aliphatic heterocycles. The highest BCUT2D eigenvalue weighted by Crippen LogP contribution is 2.26. The van der Waals surface area contributed by atoms with Crippen LogP contribution in [-0.4, -0.2) is 11.8 Å². The predicted molar refractivity (Wildman–Crippen MR) is 45.3 cm³/mol. The van der Waals surface area contributed by atoms with Gasteiger partial charge in [0.15, 0.2) is 0 Å². The Kier molecular flexibility index (Phi) is 2.84. The molecule has 2 amide bonds. The smallest absolute Gasteiger partial charge is 0.229 e. The Labute approximate surface area is 72.5 Å². The average molecular weight is 169 g/mol. The van der Waals surface area contributed by atoms with Crippen molar-refractivity contribution in [2.75, 3.05) is 0 Å². The van der Waals surface area contributed by atoms with Crippen LogP contribution in [0.5, 0.6) is 0 Å². The van der Waals surface area contributed by atoms with Crippen LogP contribution < -0.4 is 5.32 Å². The van der Waals surface area contributed by atoms with Crippen molar-refractivity contribution in [1.29, 1.82) is 0 Å². The summed E-state index contributed by atoms with van der Waals surface area (Å²) in [6.45, 7) is 3.56. The van der Waals surface area contributed by atoms with Gasteiger partial charge in [0.05, 0.1) is 0 Å². The third-order valence-electron chi connectivity index (χ3n) is 2.25. The molecule has 0 bridgehead atoms. The van der Waals surface area contributed by atoms with Crippen LogP contribution in [0.25, 0.3) is 0 Å². The molecule has 1 aliphatic rings. The first-order valence-electron chi connectivity index (χ1n) is 4.46. The van der Waals surface area contributed by atoms with Gasteiger partial charge in [0.1, 0.15) is 0 Å². The first-order chi connectivity index (χ1) is 5.61. The number of carbonyl (C=O) groups excluding carboxylic acids is 2. The number of rotatable bonds is 2. The normalized spacial score (nSPS) is 17.2. The Morgan fingerprint density at radius 3 is 2.25 bits per heavy atom. The Hall–Kier alpha value is -0.860. The second-order valence-corrected chi connectivity index (χ2v) is 3.64. The minimum absolute atomic E-state index is 0.0834. The fourth-order valence-corrected chi connectivity index (χ4v) is 1.04. The molecule has 1 fully saturated rings. The summed E-state index contributed by atoms with van der Waals surface area (Å²) in [5, 5.41) is 2.40. The summed E-state index contributed by atoms with van der Waals surface area (Å²) in [7, 11) is 0. The summed E-state index contributed by atoms with van der Waals surface area (Å²) < 4.78 is 0. The van der Waals surface area contributed by atoms with Gasteiger partial charge in [0, 0.05) is 11.8 Å². The van der Waals surface area contributed by atoms with Gasteiger partial charge in [0.2, 0.25) is 11.8 Å². The van der Waals surface area contributed by atoms with Gasteiger partial charge < -0.3 is 0 Å². The van der Waals surface area contributed by atoms with Crippen LogP contribution in [-0.2, 0) is 9.59 Å². The maximum Gasteiger partial charge on any atom is 0.229 e. The number of hydrogen-bond acceptors (Lipinski definition) is 2. The van der Waals surface area contributed by atoms with Crippen molar-refractivity contribution >= 4 is 11.8 Å². The second-order valence-electron chi connectivity index (χ2n) is 3.64. The SMILES string of the molecule is CC(C)C(=O)NC(=O)C1CCC1. The minimum Gasteiger partial charge on any atom is -0.296 e. The molecule has 1 aliphatic carbocycles. The Morgan fingerprint density at radius 1 is 1.33 bits per heavy atom. The lowest BCUT2D eigenvalue weighted by Crippen LogP contribution is -2.40. The molecular formula is C9H15NO2. The number of imide groups is 1. The summed E-state index contributed by atoms with van der Waals surface area (Å²) >= 11 is 0. The molecule has 1 saturated carbocycles. The number of hydrogen-bond donors (Lipinski definition) is 1. The lowest BCUT2D eigenvalue weighted by Gasteiger charge is -2.23. The van der Waals surface area contributed by atoms with E-state index in [4.69, 9.17) is 0 Å². The van der Waals surface area contributed by atoms with Crippen LogP contribution in [0.2, 0.25) is 0 Å². The molecule has 0 radical (unpaired) electrons. The van der Waals surface area contributed by atoms with Crippen molar-refractivity contribution in [2.45, 2.75) is 33.1 Å². The van der Waals surface area contributed by atoms with E-state index in [0.717, 1.165) is 19.3 Å². The van der Waals surface area contributed by atoms with Gasteiger partial charge in [-0.05, 0) is 12.8 Å². The molecule has 0 saturated heterocycles. The third kappa shape index (κ3) is 2.06. The van der Waals surface area contributed by atoms with Crippen LogP contribution in [0.1, 0.15) is 33.1 Å². The molecule has 0 atom stereocenters. The predicted octanol–water partition coefficient (Wildman–Crippen LogP) is 1.09. The highest BCUT2D eigenvalue weighted by atomic mass is 16.2. The number of amides is 2. The molecule has 0 aromatic rings. The van der Waals surface area contributed by atoms with Crippen LogP contribution in [0.4, 0.5) is 0 Å². The largest absolute Gasteiger partial charge is 0.296 e. The van der Waals surface area contributed by atoms with Crippen LogP contribution in [0, 0.1) is 11.8 Å². The maximum absolute atomic E-state index is 11.2. The topological polar surface area (TPSA) is 46.2 Å². The molecule has 0 aromatic heterocycles. The Bertz CT molecular complexity index is 195. The summed E-state index contributed by atoms with van der Waals surface area (Å²) in [4.78, 5) is 22.3. The summed E-state index contributed by atoms with van der Waals surface area (Å²) in [5.74, 6) is -0.242. The third-order valence-corrected chi connectivity index (χ3v) is 2.25. The van der Waals surface area contributed by atoms with E-state index >= 15 is 0 Å². The number of carbonyl (C=O) groups is 2. The van der Waals surface area contributed by atoms with Gasteiger partial charge in [-0.25, -0.2) is 0 Å². The van der Waals surface area contributed by atoms with E-state index in [1.165, 1.54) is 0 Å². The quantitative estimate of drug-likeness (QED) is 0.672. The fourth-order valence-electron chi connectivity index (χ4n) is 1.04. The van der Waals surface area contributed by atoms with E-state index in [1.807, 2.05) is 0 Å². The molecule has 68 valence electrons. The van der Waals surface area contributed by atoms with Gasteiger partial charge in [-0.3, -0.25) is 14.9 Å². The van der Waals surface area contributed by atoms with Crippen molar-refractivity contribution in [1.82, 2.24) is 5.32 Å². The summed E-state index contributed by atoms with van der Waals surface area (Å²) in [5.41, 5.74) is 0. The lowest BCUT2D eigenvalue weighted by atomic mass is 9.85. The van der Waals surface area contributed by atoms with Crippen LogP contribution >= 0.6 is 0 Å². The van der Waals surface area contributed by atoms with E-state index in [-0.39, 0.29) is 23.7 Å². The van der Waals surface area contributed by atoms with Gasteiger partial charge in [0.25, 0.3) is 0 Å². The fraction of sp³-hybridized carbons (Fsp3) is 0.778. The molecule has 0 heterocycles. The van der Waals surface area contributed by atoms with Crippen molar-refractivity contribution in [3.63, 3.8) is 0 Å². The first-order valence-corrected chi connectivity index (χ1v) is 4.46. The van der Waals surface area contributed by atoms with E-state index in [0.29, 0.717) is 0 Å². The molecule has 3 nitrogen and oxygen atoms in total. The molecule has 12 heavy (non-hydrogen) atoms. The van der Waals surface area contributed by atoms with Gasteiger partial charge in [-0.15, -0.1) is 0 Å². The highest BCUT2D eigenvalue weighted by molar-refractivity contribution is 5.97. The molecule has 0 spiro atoms. The zero-order valence-corrected chi connectivity index (χ0v) is 7.59. The van der Waals surface area contributed by atoms with Gasteiger partial charge >= 0.3 is 0 Å². The van der Waals surface area contributed by atoms with Crippen molar-refractivity contribution in [2.24, 2.45) is 11.8 Å². The van der Waals surface area contributed by atoms with E-state index in [1.54, 1.807) is 13.8 Å². The van der Waals surface area contributed by atoms with E-state index < -0.39 is 0 Å². The van der Waals surface area contributed by atoms with Crippen molar-refractivity contribution in [3.8, 4) is 0 Å². The van der Waals surface area contributed by atoms with E-state index in [2.05, 4.69) is 5.32 Å².